The molecular weight excluding hydrogens is 389 g/mol. The van der Waals surface area contributed by atoms with Crippen LogP contribution in [0.2, 0.25) is 10.0 Å². The van der Waals surface area contributed by atoms with Crippen LogP contribution in [0.4, 0.5) is 4.79 Å². The maximum absolute atomic E-state index is 12.2. The third-order valence-corrected chi connectivity index (χ3v) is 4.75. The van der Waals surface area contributed by atoms with Crippen LogP contribution in [0.5, 0.6) is 5.75 Å². The van der Waals surface area contributed by atoms with Crippen molar-refractivity contribution in [1.82, 2.24) is 15.5 Å². The number of rotatable bonds is 5. The summed E-state index contributed by atoms with van der Waals surface area (Å²) in [7, 11) is 0. The maximum Gasteiger partial charge on any atom is 0.317 e. The van der Waals surface area contributed by atoms with Crippen LogP contribution in [-0.4, -0.2) is 48.6 Å². The zero-order valence-corrected chi connectivity index (χ0v) is 17.5. The van der Waals surface area contributed by atoms with E-state index in [1.165, 1.54) is 0 Å². The first-order valence-corrected chi connectivity index (χ1v) is 9.81. The average molecular weight is 416 g/mol. The molecule has 150 valence electrons. The number of urea groups is 1. The fourth-order valence-corrected chi connectivity index (χ4v) is 3.25. The standard InChI is InChI=1S/C19H27Cl2N3O3/c1-19(2,3)23-18(26)24-8-6-13(7-9-24)11-22-17(25)12-27-16-5-4-14(20)10-15(16)21/h4-5,10,13H,6-9,11-12H2,1-3H3,(H,22,25)(H,23,26). The van der Waals surface area contributed by atoms with Crippen molar-refractivity contribution in [3.63, 3.8) is 0 Å². The number of ether oxygens (including phenoxy) is 1. The number of amides is 3. The molecule has 1 aliphatic rings. The molecule has 2 rings (SSSR count). The van der Waals surface area contributed by atoms with Crippen LogP contribution < -0.4 is 15.4 Å². The molecule has 0 unspecified atom stereocenters. The number of carbonyl (C=O) groups is 2. The van der Waals surface area contributed by atoms with Gasteiger partial charge in [0.1, 0.15) is 5.75 Å². The molecule has 1 aromatic rings. The molecule has 0 atom stereocenters. The van der Waals surface area contributed by atoms with Crippen LogP contribution in [0.3, 0.4) is 0 Å². The van der Waals surface area contributed by atoms with E-state index in [4.69, 9.17) is 27.9 Å². The summed E-state index contributed by atoms with van der Waals surface area (Å²) in [4.78, 5) is 26.0. The Morgan fingerprint density at radius 2 is 1.89 bits per heavy atom. The summed E-state index contributed by atoms with van der Waals surface area (Å²) < 4.78 is 5.42. The minimum atomic E-state index is -0.241. The fourth-order valence-electron chi connectivity index (χ4n) is 2.78. The highest BCUT2D eigenvalue weighted by Crippen LogP contribution is 2.27. The van der Waals surface area contributed by atoms with Gasteiger partial charge in [0.15, 0.2) is 6.61 Å². The Labute approximate surface area is 170 Å². The quantitative estimate of drug-likeness (QED) is 0.769. The molecule has 6 nitrogen and oxygen atoms in total. The molecule has 0 radical (unpaired) electrons. The highest BCUT2D eigenvalue weighted by atomic mass is 35.5. The van der Waals surface area contributed by atoms with Crippen LogP contribution in [0.25, 0.3) is 0 Å². The van der Waals surface area contributed by atoms with Gasteiger partial charge in [-0.05, 0) is 57.7 Å². The molecule has 3 amide bonds. The molecule has 0 spiro atoms. The zero-order chi connectivity index (χ0) is 20.0. The predicted octanol–water partition coefficient (Wildman–Crippen LogP) is 3.71. The van der Waals surface area contributed by atoms with Gasteiger partial charge in [-0.25, -0.2) is 4.79 Å². The zero-order valence-electron chi connectivity index (χ0n) is 16.0. The highest BCUT2D eigenvalue weighted by molar-refractivity contribution is 6.35. The number of nitrogens with zero attached hydrogens (tertiary/aromatic N) is 1. The Morgan fingerprint density at radius 1 is 1.22 bits per heavy atom. The van der Waals surface area contributed by atoms with Crippen molar-refractivity contribution in [2.45, 2.75) is 39.2 Å². The second kappa shape index (κ2) is 9.51. The van der Waals surface area contributed by atoms with Crippen molar-refractivity contribution in [2.24, 2.45) is 5.92 Å². The van der Waals surface area contributed by atoms with E-state index in [9.17, 15) is 9.59 Å². The molecule has 8 heteroatoms. The van der Waals surface area contributed by atoms with Gasteiger partial charge in [0.25, 0.3) is 5.91 Å². The third-order valence-electron chi connectivity index (χ3n) is 4.22. The number of nitrogens with one attached hydrogen (secondary N) is 2. The summed E-state index contributed by atoms with van der Waals surface area (Å²) in [5.74, 6) is 0.579. The van der Waals surface area contributed by atoms with Crippen LogP contribution >= 0.6 is 23.2 Å². The van der Waals surface area contributed by atoms with Gasteiger partial charge in [0.05, 0.1) is 5.02 Å². The number of likely N-dealkylation sites (tertiary alicyclic amines) is 1. The molecule has 0 aliphatic carbocycles. The smallest absolute Gasteiger partial charge is 0.317 e. The molecule has 1 heterocycles. The maximum atomic E-state index is 12.2. The van der Waals surface area contributed by atoms with Gasteiger partial charge < -0.3 is 20.3 Å². The molecule has 1 saturated heterocycles. The normalized spacial score (nSPS) is 15.4. The molecular formula is C19H27Cl2N3O3. The molecule has 0 aromatic heterocycles. The first kappa shape index (κ1) is 21.6. The van der Waals surface area contributed by atoms with Crippen molar-refractivity contribution in [1.29, 1.82) is 0 Å². The highest BCUT2D eigenvalue weighted by Gasteiger charge is 2.25. The predicted molar refractivity (Wildman–Crippen MR) is 108 cm³/mol. The lowest BCUT2D eigenvalue weighted by Gasteiger charge is -2.34. The lowest BCUT2D eigenvalue weighted by Crippen LogP contribution is -2.51. The second-order valence-electron chi connectivity index (χ2n) is 7.78. The van der Waals surface area contributed by atoms with Gasteiger partial charge in [-0.2, -0.15) is 0 Å². The molecule has 1 aromatic carbocycles. The van der Waals surface area contributed by atoms with Gasteiger partial charge >= 0.3 is 6.03 Å². The van der Waals surface area contributed by atoms with Crippen LogP contribution in [0.1, 0.15) is 33.6 Å². The molecule has 2 N–H and O–H groups in total. The summed E-state index contributed by atoms with van der Waals surface area (Å²) in [5, 5.41) is 6.74. The largest absolute Gasteiger partial charge is 0.482 e. The van der Waals surface area contributed by atoms with Crippen molar-refractivity contribution in [2.75, 3.05) is 26.2 Å². The van der Waals surface area contributed by atoms with Crippen molar-refractivity contribution in [3.05, 3.63) is 28.2 Å². The van der Waals surface area contributed by atoms with Gasteiger partial charge in [-0.1, -0.05) is 23.2 Å². The number of halogens is 2. The Hall–Kier alpha value is -1.66. The number of hydrogen-bond donors (Lipinski definition) is 2. The lowest BCUT2D eigenvalue weighted by molar-refractivity contribution is -0.123. The topological polar surface area (TPSA) is 70.7 Å². The first-order chi connectivity index (χ1) is 12.6. The lowest BCUT2D eigenvalue weighted by atomic mass is 9.97. The first-order valence-electron chi connectivity index (χ1n) is 9.05. The van der Waals surface area contributed by atoms with Gasteiger partial charge in [0, 0.05) is 30.2 Å². The minimum Gasteiger partial charge on any atom is -0.482 e. The molecule has 0 bridgehead atoms. The van der Waals surface area contributed by atoms with Gasteiger partial charge in [-0.15, -0.1) is 0 Å². The summed E-state index contributed by atoms with van der Waals surface area (Å²) in [6.07, 6.45) is 1.73. The van der Waals surface area contributed by atoms with E-state index in [0.717, 1.165) is 12.8 Å². The van der Waals surface area contributed by atoms with Crippen molar-refractivity contribution >= 4 is 35.1 Å². The third kappa shape index (κ3) is 7.46. The molecule has 0 saturated carbocycles. The average Bonchev–Trinajstić information content (AvgIpc) is 2.58. The molecule has 1 fully saturated rings. The summed E-state index contributed by atoms with van der Waals surface area (Å²) in [6.45, 7) is 7.75. The summed E-state index contributed by atoms with van der Waals surface area (Å²) >= 11 is 11.8. The number of benzene rings is 1. The number of carbonyl (C=O) groups excluding carboxylic acids is 2. The van der Waals surface area contributed by atoms with E-state index in [2.05, 4.69) is 10.6 Å². The van der Waals surface area contributed by atoms with E-state index in [-0.39, 0.29) is 24.1 Å². The Balaban J connectivity index is 1.67. The summed E-state index contributed by atoms with van der Waals surface area (Å²) in [6, 6.07) is 4.83. The van der Waals surface area contributed by atoms with E-state index in [1.807, 2.05) is 25.7 Å². The van der Waals surface area contributed by atoms with E-state index in [1.54, 1.807) is 18.2 Å². The fraction of sp³-hybridized carbons (Fsp3) is 0.579. The van der Waals surface area contributed by atoms with Crippen molar-refractivity contribution in [3.8, 4) is 5.75 Å². The van der Waals surface area contributed by atoms with Crippen LogP contribution in [0, 0.1) is 5.92 Å². The van der Waals surface area contributed by atoms with Crippen molar-refractivity contribution < 1.29 is 14.3 Å². The van der Waals surface area contributed by atoms with E-state index >= 15 is 0 Å². The van der Waals surface area contributed by atoms with E-state index < -0.39 is 0 Å². The number of hydrogen-bond acceptors (Lipinski definition) is 3. The SMILES string of the molecule is CC(C)(C)NC(=O)N1CCC(CNC(=O)COc2ccc(Cl)cc2Cl)CC1. The van der Waals surface area contributed by atoms with Crippen LogP contribution in [-0.2, 0) is 4.79 Å². The Bertz CT molecular complexity index is 669. The van der Waals surface area contributed by atoms with Crippen LogP contribution in [0.15, 0.2) is 18.2 Å². The van der Waals surface area contributed by atoms with Gasteiger partial charge in [0.2, 0.25) is 0 Å². The minimum absolute atomic E-state index is 0.0294. The monoisotopic (exact) mass is 415 g/mol. The molecule has 1 aliphatic heterocycles. The summed E-state index contributed by atoms with van der Waals surface area (Å²) in [5.41, 5.74) is -0.241. The van der Waals surface area contributed by atoms with Gasteiger partial charge in [-0.3, -0.25) is 4.79 Å². The second-order valence-corrected chi connectivity index (χ2v) is 8.62. The Kier molecular flexibility index (Phi) is 7.62. The Morgan fingerprint density at radius 3 is 2.48 bits per heavy atom. The van der Waals surface area contributed by atoms with E-state index in [0.29, 0.717) is 41.3 Å². The molecule has 27 heavy (non-hydrogen) atoms. The number of piperidine rings is 1.